The Morgan fingerprint density at radius 2 is 2.13 bits per heavy atom. The van der Waals surface area contributed by atoms with E-state index in [0.717, 1.165) is 29.8 Å². The minimum Gasteiger partial charge on any atom is -0.365 e. The van der Waals surface area contributed by atoms with Crippen LogP contribution in [0.4, 0.5) is 5.69 Å². The normalized spacial score (nSPS) is 17.3. The van der Waals surface area contributed by atoms with E-state index in [1.54, 1.807) is 0 Å². The topological polar surface area (TPSA) is 65.8 Å². The Kier molecular flexibility index (Phi) is 6.47. The number of hydrogen-bond donors (Lipinski definition) is 2. The molecule has 2 N–H and O–H groups in total. The zero-order valence-corrected chi connectivity index (χ0v) is 14.2. The predicted octanol–water partition coefficient (Wildman–Crippen LogP) is 4.09. The fourth-order valence-electron chi connectivity index (χ4n) is 2.72. The molecule has 0 aromatic heterocycles. The lowest BCUT2D eigenvalue weighted by Crippen LogP contribution is -2.42. The van der Waals surface area contributed by atoms with Gasteiger partial charge < -0.3 is 5.32 Å². The average Bonchev–Trinajstić information content (AvgIpc) is 2.56. The summed E-state index contributed by atoms with van der Waals surface area (Å²) in [6, 6.07) is 6.26. The second-order valence-electron chi connectivity index (χ2n) is 5.82. The summed E-state index contributed by atoms with van der Waals surface area (Å²) in [5.74, 6) is 0.278. The first kappa shape index (κ1) is 17.3. The molecule has 0 amide bonds. The van der Waals surface area contributed by atoms with Crippen molar-refractivity contribution < 1.29 is 0 Å². The van der Waals surface area contributed by atoms with E-state index in [4.69, 9.17) is 0 Å². The standard InChI is InChI=1S/C18H26N4O/c1-4-6-7-10-20-17-15(18(22-23)19-5-2)12-14-11-13(3)8-9-16(14)21-17/h8-9,11-12,17,20-21H,4-7,10H2,1-3H3. The maximum Gasteiger partial charge on any atom is 0.198 e. The van der Waals surface area contributed by atoms with Gasteiger partial charge in [-0.1, -0.05) is 31.4 Å². The molecule has 0 radical (unpaired) electrons. The summed E-state index contributed by atoms with van der Waals surface area (Å²) >= 11 is 0. The van der Waals surface area contributed by atoms with Crippen LogP contribution in [0.1, 0.15) is 44.2 Å². The molecule has 1 unspecified atom stereocenters. The zero-order chi connectivity index (χ0) is 16.7. The first-order valence-corrected chi connectivity index (χ1v) is 8.40. The van der Waals surface area contributed by atoms with Gasteiger partial charge >= 0.3 is 0 Å². The number of hydrogen-bond acceptors (Lipinski definition) is 4. The summed E-state index contributed by atoms with van der Waals surface area (Å²) in [7, 11) is 0. The number of aryl methyl sites for hydroxylation is 1. The zero-order valence-electron chi connectivity index (χ0n) is 14.2. The van der Waals surface area contributed by atoms with Crippen LogP contribution in [-0.4, -0.2) is 25.1 Å². The fraction of sp³-hybridized carbons (Fsp3) is 0.500. The first-order valence-electron chi connectivity index (χ1n) is 8.40. The molecule has 5 heteroatoms. The summed E-state index contributed by atoms with van der Waals surface area (Å²) in [4.78, 5) is 15.5. The number of unbranched alkanes of at least 4 members (excludes halogenated alkanes) is 2. The Bertz CT molecular complexity index is 607. The molecule has 0 fully saturated rings. The number of aliphatic imine (C=N–C) groups is 1. The fourth-order valence-corrected chi connectivity index (χ4v) is 2.72. The number of rotatable bonds is 7. The highest BCUT2D eigenvalue weighted by atomic mass is 16.3. The number of nitrogens with one attached hydrogen (secondary N) is 2. The van der Waals surface area contributed by atoms with Crippen molar-refractivity contribution in [1.29, 1.82) is 0 Å². The Morgan fingerprint density at radius 3 is 2.83 bits per heavy atom. The van der Waals surface area contributed by atoms with Gasteiger partial charge in [-0.25, -0.2) is 0 Å². The van der Waals surface area contributed by atoms with Gasteiger partial charge in [0.05, 0.1) is 0 Å². The van der Waals surface area contributed by atoms with Crippen molar-refractivity contribution in [2.75, 3.05) is 18.4 Å². The second-order valence-corrected chi connectivity index (χ2v) is 5.82. The highest BCUT2D eigenvalue weighted by Crippen LogP contribution is 2.28. The van der Waals surface area contributed by atoms with E-state index in [9.17, 15) is 4.91 Å². The Labute approximate surface area is 138 Å². The van der Waals surface area contributed by atoms with Crippen LogP contribution in [0.15, 0.2) is 33.9 Å². The van der Waals surface area contributed by atoms with Gasteiger partial charge in [0.15, 0.2) is 5.84 Å². The van der Waals surface area contributed by atoms with Gasteiger partial charge in [0.1, 0.15) is 6.17 Å². The van der Waals surface area contributed by atoms with Crippen LogP contribution in [0.5, 0.6) is 0 Å². The first-order chi connectivity index (χ1) is 11.2. The largest absolute Gasteiger partial charge is 0.365 e. The minimum absolute atomic E-state index is 0.134. The van der Waals surface area contributed by atoms with E-state index in [1.165, 1.54) is 18.4 Å². The second kappa shape index (κ2) is 8.58. The molecular formula is C18H26N4O. The molecule has 1 aromatic rings. The highest BCUT2D eigenvalue weighted by molar-refractivity contribution is 6.05. The third kappa shape index (κ3) is 4.48. The molecular weight excluding hydrogens is 288 g/mol. The summed E-state index contributed by atoms with van der Waals surface area (Å²) in [5, 5.41) is 10.1. The smallest absolute Gasteiger partial charge is 0.198 e. The molecule has 0 saturated heterocycles. The number of fused-ring (bicyclic) bond motifs is 1. The van der Waals surface area contributed by atoms with E-state index in [-0.39, 0.29) is 12.0 Å². The predicted molar refractivity (Wildman–Crippen MR) is 97.9 cm³/mol. The quantitative estimate of drug-likeness (QED) is 0.345. The monoisotopic (exact) mass is 314 g/mol. The van der Waals surface area contributed by atoms with Crippen molar-refractivity contribution in [3.8, 4) is 0 Å². The molecule has 0 saturated carbocycles. The number of benzene rings is 1. The molecule has 1 aliphatic rings. The molecule has 1 aromatic carbocycles. The van der Waals surface area contributed by atoms with Crippen LogP contribution < -0.4 is 10.6 Å². The third-order valence-electron chi connectivity index (χ3n) is 3.91. The van der Waals surface area contributed by atoms with E-state index in [0.29, 0.717) is 6.54 Å². The molecule has 1 aliphatic heterocycles. The van der Waals surface area contributed by atoms with E-state index < -0.39 is 0 Å². The molecule has 2 rings (SSSR count). The Balaban J connectivity index is 2.28. The van der Waals surface area contributed by atoms with Gasteiger partial charge in [-0.2, -0.15) is 0 Å². The van der Waals surface area contributed by atoms with Crippen molar-refractivity contribution in [3.63, 3.8) is 0 Å². The van der Waals surface area contributed by atoms with Crippen molar-refractivity contribution >= 4 is 17.6 Å². The summed E-state index contributed by atoms with van der Waals surface area (Å²) < 4.78 is 0. The van der Waals surface area contributed by atoms with Gasteiger partial charge in [-0.3, -0.25) is 10.3 Å². The average molecular weight is 314 g/mol. The van der Waals surface area contributed by atoms with Crippen LogP contribution in [0, 0.1) is 11.8 Å². The van der Waals surface area contributed by atoms with Crippen molar-refractivity contribution in [3.05, 3.63) is 39.8 Å². The Hall–Kier alpha value is -2.01. The molecule has 0 spiro atoms. The van der Waals surface area contributed by atoms with Gasteiger partial charge in [0.2, 0.25) is 0 Å². The molecule has 1 heterocycles. The van der Waals surface area contributed by atoms with Gasteiger partial charge in [-0.05, 0) is 55.8 Å². The van der Waals surface area contributed by atoms with Crippen LogP contribution in [0.2, 0.25) is 0 Å². The van der Waals surface area contributed by atoms with E-state index in [2.05, 4.69) is 52.8 Å². The molecule has 1 atom stereocenters. The van der Waals surface area contributed by atoms with Crippen molar-refractivity contribution in [2.45, 2.75) is 46.2 Å². The lowest BCUT2D eigenvalue weighted by atomic mass is 9.99. The highest BCUT2D eigenvalue weighted by Gasteiger charge is 2.24. The summed E-state index contributed by atoms with van der Waals surface area (Å²) in [6.07, 6.45) is 5.37. The van der Waals surface area contributed by atoms with Crippen LogP contribution in [0.3, 0.4) is 0 Å². The van der Waals surface area contributed by atoms with Gasteiger partial charge in [-0.15, -0.1) is 4.91 Å². The summed E-state index contributed by atoms with van der Waals surface area (Å²) in [5.41, 5.74) is 4.13. The third-order valence-corrected chi connectivity index (χ3v) is 3.91. The lowest BCUT2D eigenvalue weighted by Gasteiger charge is -2.28. The SMILES string of the molecule is CCCCCNC1Nc2ccc(C)cc2C=C1C(N=O)=NCC. The number of amidine groups is 1. The molecule has 0 aliphatic carbocycles. The molecule has 23 heavy (non-hydrogen) atoms. The number of nitrogens with zero attached hydrogens (tertiary/aromatic N) is 2. The lowest BCUT2D eigenvalue weighted by molar-refractivity contribution is 0.583. The van der Waals surface area contributed by atoms with Crippen LogP contribution >= 0.6 is 0 Å². The molecule has 0 bridgehead atoms. The van der Waals surface area contributed by atoms with Crippen molar-refractivity contribution in [1.82, 2.24) is 5.32 Å². The number of nitroso groups, excluding NO2 is 1. The maximum absolute atomic E-state index is 11.2. The minimum atomic E-state index is -0.134. The summed E-state index contributed by atoms with van der Waals surface area (Å²) in [6.45, 7) is 7.58. The van der Waals surface area contributed by atoms with Gasteiger partial charge in [0.25, 0.3) is 0 Å². The Morgan fingerprint density at radius 1 is 1.30 bits per heavy atom. The number of anilines is 1. The van der Waals surface area contributed by atoms with Crippen LogP contribution in [0.25, 0.3) is 6.08 Å². The maximum atomic E-state index is 11.2. The van der Waals surface area contributed by atoms with Crippen LogP contribution in [-0.2, 0) is 0 Å². The van der Waals surface area contributed by atoms with Crippen molar-refractivity contribution in [2.24, 2.45) is 10.2 Å². The van der Waals surface area contributed by atoms with Gasteiger partial charge in [0, 0.05) is 17.8 Å². The molecule has 124 valence electrons. The van der Waals surface area contributed by atoms with E-state index in [1.807, 2.05) is 13.0 Å². The molecule has 5 nitrogen and oxygen atoms in total. The van der Waals surface area contributed by atoms with E-state index >= 15 is 0 Å².